The summed E-state index contributed by atoms with van der Waals surface area (Å²) in [5, 5.41) is 19.9. The van der Waals surface area contributed by atoms with E-state index < -0.39 is 0 Å². The summed E-state index contributed by atoms with van der Waals surface area (Å²) in [5.74, 6) is 0. The minimum absolute atomic E-state index is 0.137. The van der Waals surface area contributed by atoms with Crippen LogP contribution in [0.15, 0.2) is 22.7 Å². The molecule has 0 saturated carbocycles. The minimum Gasteiger partial charge on any atom is -0.396 e. The third-order valence-electron chi connectivity index (χ3n) is 3.57. The lowest BCUT2D eigenvalue weighted by Crippen LogP contribution is -2.37. The molecule has 0 bridgehead atoms. The maximum Gasteiger partial charge on any atom is 0.292 e. The fourth-order valence-corrected chi connectivity index (χ4v) is 2.83. The molecular formula is C14H19BrN2O4. The molecule has 1 aromatic rings. The molecule has 0 atom stereocenters. The monoisotopic (exact) mass is 358 g/mol. The van der Waals surface area contributed by atoms with Crippen molar-refractivity contribution in [2.75, 3.05) is 31.2 Å². The van der Waals surface area contributed by atoms with Crippen LogP contribution in [0.25, 0.3) is 0 Å². The lowest BCUT2D eigenvalue weighted by Gasteiger charge is -2.33. The van der Waals surface area contributed by atoms with Gasteiger partial charge in [-0.3, -0.25) is 10.1 Å². The van der Waals surface area contributed by atoms with Crippen LogP contribution >= 0.6 is 15.9 Å². The summed E-state index contributed by atoms with van der Waals surface area (Å²) >= 11 is 3.37. The van der Waals surface area contributed by atoms with Crippen LogP contribution in [-0.4, -0.2) is 42.4 Å². The van der Waals surface area contributed by atoms with Crippen molar-refractivity contribution in [3.63, 3.8) is 0 Å². The number of nitro benzene ring substituents is 1. The summed E-state index contributed by atoms with van der Waals surface area (Å²) in [5.41, 5.74) is 0.793. The van der Waals surface area contributed by atoms with Crippen molar-refractivity contribution in [3.8, 4) is 0 Å². The lowest BCUT2D eigenvalue weighted by atomic mass is 10.1. The second kappa shape index (κ2) is 7.72. The quantitative estimate of drug-likeness (QED) is 0.480. The Hall–Kier alpha value is -1.18. The molecular weight excluding hydrogens is 340 g/mol. The minimum atomic E-state index is -0.342. The Morgan fingerprint density at radius 1 is 1.43 bits per heavy atom. The zero-order valence-electron chi connectivity index (χ0n) is 11.7. The number of aliphatic hydroxyl groups excluding tert-OH is 1. The fourth-order valence-electron chi connectivity index (χ4n) is 2.48. The van der Waals surface area contributed by atoms with Gasteiger partial charge in [-0.15, -0.1) is 0 Å². The van der Waals surface area contributed by atoms with Gasteiger partial charge >= 0.3 is 0 Å². The molecule has 1 N–H and O–H groups in total. The van der Waals surface area contributed by atoms with Crippen molar-refractivity contribution in [2.24, 2.45) is 0 Å². The Labute approximate surface area is 132 Å². The summed E-state index contributed by atoms with van der Waals surface area (Å²) in [6.07, 6.45) is 2.51. The Morgan fingerprint density at radius 3 is 2.76 bits per heavy atom. The number of piperidine rings is 1. The maximum atomic E-state index is 11.1. The maximum absolute atomic E-state index is 11.1. The molecule has 0 amide bonds. The highest BCUT2D eigenvalue weighted by molar-refractivity contribution is 9.10. The SMILES string of the molecule is O=[N+]([O-])c1ccc(Br)cc1N1CCC(OCCCO)CC1. The van der Waals surface area contributed by atoms with Crippen molar-refractivity contribution in [1.82, 2.24) is 0 Å². The molecule has 116 valence electrons. The molecule has 0 spiro atoms. The van der Waals surface area contributed by atoms with E-state index in [1.165, 1.54) is 6.07 Å². The van der Waals surface area contributed by atoms with E-state index in [9.17, 15) is 10.1 Å². The van der Waals surface area contributed by atoms with E-state index in [-0.39, 0.29) is 23.3 Å². The molecule has 7 heteroatoms. The topological polar surface area (TPSA) is 75.8 Å². The van der Waals surface area contributed by atoms with Crippen LogP contribution in [0.1, 0.15) is 19.3 Å². The highest BCUT2D eigenvalue weighted by Crippen LogP contribution is 2.33. The molecule has 6 nitrogen and oxygen atoms in total. The van der Waals surface area contributed by atoms with Gasteiger partial charge in [-0.2, -0.15) is 0 Å². The van der Waals surface area contributed by atoms with Gasteiger partial charge in [-0.25, -0.2) is 0 Å². The predicted molar refractivity (Wildman–Crippen MR) is 83.7 cm³/mol. The van der Waals surface area contributed by atoms with Gasteiger partial charge in [0, 0.05) is 36.8 Å². The molecule has 1 fully saturated rings. The molecule has 1 saturated heterocycles. The molecule has 0 aromatic heterocycles. The number of benzene rings is 1. The molecule has 1 aromatic carbocycles. The number of rotatable bonds is 6. The Balaban J connectivity index is 1.99. The molecule has 1 heterocycles. The van der Waals surface area contributed by atoms with E-state index in [0.29, 0.717) is 18.7 Å². The first kappa shape index (κ1) is 16.2. The van der Waals surface area contributed by atoms with Crippen LogP contribution in [0.5, 0.6) is 0 Å². The van der Waals surface area contributed by atoms with Crippen LogP contribution < -0.4 is 4.90 Å². The van der Waals surface area contributed by atoms with Gasteiger partial charge in [-0.05, 0) is 31.4 Å². The van der Waals surface area contributed by atoms with Crippen molar-refractivity contribution in [3.05, 3.63) is 32.8 Å². The van der Waals surface area contributed by atoms with Gasteiger partial charge < -0.3 is 14.7 Å². The fraction of sp³-hybridized carbons (Fsp3) is 0.571. The molecule has 1 aliphatic rings. The third kappa shape index (κ3) is 4.39. The average Bonchev–Trinajstić information content (AvgIpc) is 2.48. The summed E-state index contributed by atoms with van der Waals surface area (Å²) in [4.78, 5) is 12.8. The van der Waals surface area contributed by atoms with Crippen LogP contribution in [-0.2, 0) is 4.74 Å². The Kier molecular flexibility index (Phi) is 5.96. The van der Waals surface area contributed by atoms with E-state index in [2.05, 4.69) is 15.9 Å². The number of hydrogen-bond donors (Lipinski definition) is 1. The van der Waals surface area contributed by atoms with E-state index in [4.69, 9.17) is 9.84 Å². The van der Waals surface area contributed by atoms with Crippen molar-refractivity contribution in [1.29, 1.82) is 0 Å². The predicted octanol–water partition coefficient (Wildman–Crippen LogP) is 2.73. The first-order valence-electron chi connectivity index (χ1n) is 7.03. The second-order valence-electron chi connectivity index (χ2n) is 5.02. The highest BCUT2D eigenvalue weighted by Gasteiger charge is 2.25. The van der Waals surface area contributed by atoms with E-state index in [1.54, 1.807) is 12.1 Å². The molecule has 0 radical (unpaired) electrons. The normalized spacial score (nSPS) is 16.2. The standard InChI is InChI=1S/C14H19BrN2O4/c15-11-2-3-13(17(19)20)14(10-11)16-6-4-12(5-7-16)21-9-1-8-18/h2-3,10,12,18H,1,4-9H2. The first-order valence-corrected chi connectivity index (χ1v) is 7.82. The molecule has 2 rings (SSSR count). The van der Waals surface area contributed by atoms with Crippen LogP contribution in [0.3, 0.4) is 0 Å². The second-order valence-corrected chi connectivity index (χ2v) is 5.94. The van der Waals surface area contributed by atoms with E-state index in [1.807, 2.05) is 4.90 Å². The number of nitro groups is 1. The van der Waals surface area contributed by atoms with E-state index >= 15 is 0 Å². The Bertz CT molecular complexity index is 490. The van der Waals surface area contributed by atoms with Crippen LogP contribution in [0, 0.1) is 10.1 Å². The number of hydrogen-bond acceptors (Lipinski definition) is 5. The van der Waals surface area contributed by atoms with Gasteiger partial charge in [0.25, 0.3) is 5.69 Å². The number of anilines is 1. The Morgan fingerprint density at radius 2 is 2.14 bits per heavy atom. The van der Waals surface area contributed by atoms with Crippen LogP contribution in [0.2, 0.25) is 0 Å². The summed E-state index contributed by atoms with van der Waals surface area (Å²) in [6.45, 7) is 2.18. The zero-order chi connectivity index (χ0) is 15.2. The van der Waals surface area contributed by atoms with Crippen molar-refractivity contribution < 1.29 is 14.8 Å². The summed E-state index contributed by atoms with van der Waals surface area (Å²) < 4.78 is 6.52. The van der Waals surface area contributed by atoms with Crippen molar-refractivity contribution >= 4 is 27.3 Å². The number of halogens is 1. The summed E-state index contributed by atoms with van der Waals surface area (Å²) in [6, 6.07) is 5.01. The zero-order valence-corrected chi connectivity index (χ0v) is 13.3. The smallest absolute Gasteiger partial charge is 0.292 e. The molecule has 21 heavy (non-hydrogen) atoms. The van der Waals surface area contributed by atoms with Gasteiger partial charge in [0.15, 0.2) is 0 Å². The third-order valence-corrected chi connectivity index (χ3v) is 4.07. The number of aliphatic hydroxyl groups is 1. The van der Waals surface area contributed by atoms with Crippen molar-refractivity contribution in [2.45, 2.75) is 25.4 Å². The average molecular weight is 359 g/mol. The molecule has 0 unspecified atom stereocenters. The van der Waals surface area contributed by atoms with Gasteiger partial charge in [0.1, 0.15) is 5.69 Å². The number of ether oxygens (including phenoxy) is 1. The van der Waals surface area contributed by atoms with Gasteiger partial charge in [0.05, 0.1) is 11.0 Å². The highest BCUT2D eigenvalue weighted by atomic mass is 79.9. The molecule has 1 aliphatic heterocycles. The summed E-state index contributed by atoms with van der Waals surface area (Å²) in [7, 11) is 0. The largest absolute Gasteiger partial charge is 0.396 e. The van der Waals surface area contributed by atoms with E-state index in [0.717, 1.165) is 30.4 Å². The number of nitrogens with zero attached hydrogens (tertiary/aromatic N) is 2. The van der Waals surface area contributed by atoms with Gasteiger partial charge in [-0.1, -0.05) is 15.9 Å². The molecule has 0 aliphatic carbocycles. The van der Waals surface area contributed by atoms with Gasteiger partial charge in [0.2, 0.25) is 0 Å². The van der Waals surface area contributed by atoms with Crippen LogP contribution in [0.4, 0.5) is 11.4 Å². The lowest BCUT2D eigenvalue weighted by molar-refractivity contribution is -0.384. The first-order chi connectivity index (χ1) is 10.1.